The van der Waals surface area contributed by atoms with Gasteiger partial charge in [0, 0.05) is 5.33 Å². The second-order valence-corrected chi connectivity index (χ2v) is 4.02. The van der Waals surface area contributed by atoms with E-state index in [9.17, 15) is 4.79 Å². The summed E-state index contributed by atoms with van der Waals surface area (Å²) in [5.74, 6) is -0.265. The minimum absolute atomic E-state index is 0.265. The second-order valence-electron chi connectivity index (χ2n) is 3.22. The molecule has 3 heteroatoms. The summed E-state index contributed by atoms with van der Waals surface area (Å²) in [5, 5.41) is 0.963. The first-order chi connectivity index (χ1) is 7.77. The van der Waals surface area contributed by atoms with Gasteiger partial charge in [0.2, 0.25) is 0 Å². The van der Waals surface area contributed by atoms with Gasteiger partial charge >= 0.3 is 5.97 Å². The standard InChI is InChI=1S/C13H15BrO2/c1-2-16-13(15)12-8-6-11(7-9-12)5-3-4-10-14/h3,5-9H,2,4,10H2,1H3. The van der Waals surface area contributed by atoms with Gasteiger partial charge in [0.1, 0.15) is 0 Å². The maximum Gasteiger partial charge on any atom is 0.338 e. The lowest BCUT2D eigenvalue weighted by Crippen LogP contribution is -2.03. The molecule has 0 unspecified atom stereocenters. The smallest absolute Gasteiger partial charge is 0.338 e. The van der Waals surface area contributed by atoms with E-state index in [1.165, 1.54) is 0 Å². The highest BCUT2D eigenvalue weighted by atomic mass is 79.9. The van der Waals surface area contributed by atoms with E-state index in [1.807, 2.05) is 18.2 Å². The van der Waals surface area contributed by atoms with Crippen LogP contribution < -0.4 is 0 Å². The number of benzene rings is 1. The summed E-state index contributed by atoms with van der Waals surface area (Å²) in [6, 6.07) is 7.39. The number of alkyl halides is 1. The molecule has 0 aromatic heterocycles. The van der Waals surface area contributed by atoms with Crippen molar-refractivity contribution in [1.29, 1.82) is 0 Å². The fraction of sp³-hybridized carbons (Fsp3) is 0.308. The third kappa shape index (κ3) is 4.19. The Hall–Kier alpha value is -1.09. The summed E-state index contributed by atoms with van der Waals surface area (Å²) >= 11 is 3.36. The number of hydrogen-bond acceptors (Lipinski definition) is 2. The number of carbonyl (C=O) groups excluding carboxylic acids is 1. The van der Waals surface area contributed by atoms with Crippen molar-refractivity contribution in [3.05, 3.63) is 41.5 Å². The van der Waals surface area contributed by atoms with Crippen molar-refractivity contribution in [3.63, 3.8) is 0 Å². The van der Waals surface area contributed by atoms with Crippen molar-refractivity contribution in [2.75, 3.05) is 11.9 Å². The van der Waals surface area contributed by atoms with Gasteiger partial charge in [-0.15, -0.1) is 0 Å². The number of allylic oxidation sites excluding steroid dienone is 1. The second kappa shape index (κ2) is 7.23. The number of rotatable bonds is 5. The van der Waals surface area contributed by atoms with Gasteiger partial charge < -0.3 is 4.74 Å². The van der Waals surface area contributed by atoms with Crippen molar-refractivity contribution in [1.82, 2.24) is 0 Å². The molecule has 0 heterocycles. The Bertz CT molecular complexity index is 355. The van der Waals surface area contributed by atoms with Crippen molar-refractivity contribution in [3.8, 4) is 0 Å². The van der Waals surface area contributed by atoms with Crippen LogP contribution in [0.4, 0.5) is 0 Å². The minimum atomic E-state index is -0.265. The molecule has 1 aromatic carbocycles. The van der Waals surface area contributed by atoms with Crippen LogP contribution in [0.3, 0.4) is 0 Å². The molecule has 2 nitrogen and oxygen atoms in total. The number of ether oxygens (including phenoxy) is 1. The topological polar surface area (TPSA) is 26.3 Å². The molecule has 0 spiro atoms. The average Bonchev–Trinajstić information content (AvgIpc) is 2.30. The zero-order chi connectivity index (χ0) is 11.8. The highest BCUT2D eigenvalue weighted by Crippen LogP contribution is 2.08. The van der Waals surface area contributed by atoms with Gasteiger partial charge in [-0.05, 0) is 31.0 Å². The predicted octanol–water partition coefficient (Wildman–Crippen LogP) is 3.66. The molecular weight excluding hydrogens is 268 g/mol. The Morgan fingerprint density at radius 1 is 1.38 bits per heavy atom. The van der Waals surface area contributed by atoms with Crippen molar-refractivity contribution >= 4 is 28.0 Å². The summed E-state index contributed by atoms with van der Waals surface area (Å²) in [4.78, 5) is 11.4. The molecule has 1 rings (SSSR count). The molecule has 0 saturated heterocycles. The van der Waals surface area contributed by atoms with Crippen LogP contribution in [0.1, 0.15) is 29.3 Å². The molecule has 16 heavy (non-hydrogen) atoms. The normalized spacial score (nSPS) is 10.6. The summed E-state index contributed by atoms with van der Waals surface area (Å²) in [6.07, 6.45) is 5.13. The van der Waals surface area contributed by atoms with Crippen LogP contribution in [0.5, 0.6) is 0 Å². The summed E-state index contributed by atoms with van der Waals surface area (Å²) in [6.45, 7) is 2.21. The van der Waals surface area contributed by atoms with Crippen LogP contribution in [0.15, 0.2) is 30.3 Å². The van der Waals surface area contributed by atoms with E-state index >= 15 is 0 Å². The molecule has 0 aliphatic rings. The molecule has 0 aliphatic carbocycles. The molecule has 0 N–H and O–H groups in total. The van der Waals surface area contributed by atoms with E-state index < -0.39 is 0 Å². The molecule has 1 aromatic rings. The maximum atomic E-state index is 11.4. The molecule has 86 valence electrons. The highest BCUT2D eigenvalue weighted by Gasteiger charge is 2.04. The van der Waals surface area contributed by atoms with Crippen molar-refractivity contribution in [2.24, 2.45) is 0 Å². The van der Waals surface area contributed by atoms with Crippen LogP contribution in [-0.4, -0.2) is 17.9 Å². The fourth-order valence-corrected chi connectivity index (χ4v) is 1.49. The van der Waals surface area contributed by atoms with E-state index in [2.05, 4.69) is 22.0 Å². The van der Waals surface area contributed by atoms with E-state index in [0.29, 0.717) is 12.2 Å². The number of hydrogen-bond donors (Lipinski definition) is 0. The Kier molecular flexibility index (Phi) is 5.86. The SMILES string of the molecule is CCOC(=O)c1ccc(C=CCCBr)cc1. The number of esters is 1. The Labute approximate surface area is 104 Å². The molecular formula is C13H15BrO2. The lowest BCUT2D eigenvalue weighted by Gasteiger charge is -2.01. The van der Waals surface area contributed by atoms with Crippen LogP contribution in [0.25, 0.3) is 6.08 Å². The van der Waals surface area contributed by atoms with Crippen LogP contribution in [0.2, 0.25) is 0 Å². The first-order valence-electron chi connectivity index (χ1n) is 5.27. The van der Waals surface area contributed by atoms with Crippen molar-refractivity contribution in [2.45, 2.75) is 13.3 Å². The first kappa shape index (κ1) is 13.0. The summed E-state index contributed by atoms with van der Waals surface area (Å²) < 4.78 is 4.90. The number of carbonyl (C=O) groups is 1. The minimum Gasteiger partial charge on any atom is -0.462 e. The van der Waals surface area contributed by atoms with E-state index in [4.69, 9.17) is 4.74 Å². The van der Waals surface area contributed by atoms with Gasteiger partial charge in [0.05, 0.1) is 12.2 Å². The average molecular weight is 283 g/mol. The Morgan fingerprint density at radius 3 is 2.62 bits per heavy atom. The van der Waals surface area contributed by atoms with Crippen LogP contribution in [0, 0.1) is 0 Å². The quantitative estimate of drug-likeness (QED) is 0.609. The molecule has 0 radical (unpaired) electrons. The third-order valence-corrected chi connectivity index (χ3v) is 2.47. The van der Waals surface area contributed by atoms with Crippen molar-refractivity contribution < 1.29 is 9.53 Å². The molecule has 0 fully saturated rings. The van der Waals surface area contributed by atoms with Gasteiger partial charge in [-0.3, -0.25) is 0 Å². The lowest BCUT2D eigenvalue weighted by molar-refractivity contribution is 0.0526. The zero-order valence-corrected chi connectivity index (χ0v) is 10.9. The van der Waals surface area contributed by atoms with Gasteiger partial charge in [0.25, 0.3) is 0 Å². The molecule has 0 atom stereocenters. The lowest BCUT2D eigenvalue weighted by atomic mass is 10.1. The highest BCUT2D eigenvalue weighted by molar-refractivity contribution is 9.09. The van der Waals surface area contributed by atoms with Gasteiger partial charge in [0.15, 0.2) is 0 Å². The first-order valence-corrected chi connectivity index (χ1v) is 6.39. The molecule has 0 bridgehead atoms. The third-order valence-electron chi connectivity index (χ3n) is 2.01. The Balaban J connectivity index is 2.64. The monoisotopic (exact) mass is 282 g/mol. The van der Waals surface area contributed by atoms with E-state index in [0.717, 1.165) is 17.3 Å². The summed E-state index contributed by atoms with van der Waals surface area (Å²) in [7, 11) is 0. The van der Waals surface area contributed by atoms with Gasteiger partial charge in [-0.1, -0.05) is 40.2 Å². The molecule has 0 saturated carbocycles. The van der Waals surface area contributed by atoms with Gasteiger partial charge in [-0.25, -0.2) is 4.79 Å². The Morgan fingerprint density at radius 2 is 2.06 bits per heavy atom. The maximum absolute atomic E-state index is 11.4. The van der Waals surface area contributed by atoms with E-state index in [-0.39, 0.29) is 5.97 Å². The predicted molar refractivity (Wildman–Crippen MR) is 69.8 cm³/mol. The van der Waals surface area contributed by atoms with Crippen LogP contribution >= 0.6 is 15.9 Å². The summed E-state index contributed by atoms with van der Waals surface area (Å²) in [5.41, 5.74) is 1.69. The van der Waals surface area contributed by atoms with Crippen LogP contribution in [-0.2, 0) is 4.74 Å². The van der Waals surface area contributed by atoms with Gasteiger partial charge in [-0.2, -0.15) is 0 Å². The zero-order valence-electron chi connectivity index (χ0n) is 9.28. The van der Waals surface area contributed by atoms with E-state index in [1.54, 1.807) is 19.1 Å². The molecule has 0 amide bonds. The molecule has 0 aliphatic heterocycles. The fourth-order valence-electron chi connectivity index (χ4n) is 1.23. The number of halogens is 1. The largest absolute Gasteiger partial charge is 0.462 e.